The fourth-order valence-corrected chi connectivity index (χ4v) is 2.72. The maximum atomic E-state index is 12.7. The molecule has 0 aliphatic heterocycles. The molecule has 3 aromatic rings. The van der Waals surface area contributed by atoms with Crippen LogP contribution in [0.4, 0.5) is 0 Å². The van der Waals surface area contributed by atoms with Crippen molar-refractivity contribution in [2.24, 2.45) is 19.8 Å². The maximum Gasteiger partial charge on any atom is 0.261 e. The molecule has 114 valence electrons. The van der Waals surface area contributed by atoms with Crippen LogP contribution in [0.1, 0.15) is 24.1 Å². The van der Waals surface area contributed by atoms with E-state index in [9.17, 15) is 4.79 Å². The summed E-state index contributed by atoms with van der Waals surface area (Å²) >= 11 is 0. The van der Waals surface area contributed by atoms with E-state index in [1.54, 1.807) is 22.5 Å². The summed E-state index contributed by atoms with van der Waals surface area (Å²) in [6, 6.07) is 5.50. The van der Waals surface area contributed by atoms with E-state index in [4.69, 9.17) is 10.7 Å². The quantitative estimate of drug-likeness (QED) is 0.780. The summed E-state index contributed by atoms with van der Waals surface area (Å²) in [6.07, 6.45) is 1.69. The molecule has 0 spiro atoms. The van der Waals surface area contributed by atoms with E-state index in [2.05, 4.69) is 5.10 Å². The highest BCUT2D eigenvalue weighted by Gasteiger charge is 2.16. The topological polar surface area (TPSA) is 78.7 Å². The van der Waals surface area contributed by atoms with Gasteiger partial charge in [-0.3, -0.25) is 14.0 Å². The highest BCUT2D eigenvalue weighted by Crippen LogP contribution is 2.24. The summed E-state index contributed by atoms with van der Waals surface area (Å²) in [4.78, 5) is 17.5. The lowest BCUT2D eigenvalue weighted by atomic mass is 10.0. The highest BCUT2D eigenvalue weighted by molar-refractivity contribution is 5.84. The van der Waals surface area contributed by atoms with E-state index < -0.39 is 0 Å². The number of aromatic nitrogens is 4. The highest BCUT2D eigenvalue weighted by atomic mass is 16.1. The average molecular weight is 297 g/mol. The minimum absolute atomic E-state index is 0.0770. The normalized spacial score (nSPS) is 12.8. The largest absolute Gasteiger partial charge is 0.324 e. The van der Waals surface area contributed by atoms with Crippen LogP contribution in [0.15, 0.2) is 29.2 Å². The molecule has 0 saturated heterocycles. The monoisotopic (exact) mass is 297 g/mol. The molecule has 0 aliphatic carbocycles. The Morgan fingerprint density at radius 2 is 2.00 bits per heavy atom. The van der Waals surface area contributed by atoms with Gasteiger partial charge in [0.15, 0.2) is 5.82 Å². The number of hydrogen-bond donors (Lipinski definition) is 1. The number of nitrogens with zero attached hydrogens (tertiary/aromatic N) is 4. The van der Waals surface area contributed by atoms with Gasteiger partial charge in [0.05, 0.1) is 10.9 Å². The van der Waals surface area contributed by atoms with Crippen LogP contribution in [0.3, 0.4) is 0 Å². The first-order chi connectivity index (χ1) is 10.4. The van der Waals surface area contributed by atoms with E-state index in [0.717, 1.165) is 16.8 Å². The second-order valence-corrected chi connectivity index (χ2v) is 5.68. The zero-order chi connectivity index (χ0) is 16.0. The first-order valence-electron chi connectivity index (χ1n) is 7.15. The van der Waals surface area contributed by atoms with Gasteiger partial charge in [0.25, 0.3) is 5.56 Å². The Labute approximate surface area is 128 Å². The van der Waals surface area contributed by atoms with Crippen molar-refractivity contribution < 1.29 is 0 Å². The third-order valence-corrected chi connectivity index (χ3v) is 3.89. The predicted octanol–water partition coefficient (Wildman–Crippen LogP) is 1.66. The van der Waals surface area contributed by atoms with Gasteiger partial charge in [-0.15, -0.1) is 0 Å². The predicted molar refractivity (Wildman–Crippen MR) is 86.5 cm³/mol. The van der Waals surface area contributed by atoms with Gasteiger partial charge in [0, 0.05) is 26.3 Å². The van der Waals surface area contributed by atoms with Crippen molar-refractivity contribution >= 4 is 10.9 Å². The summed E-state index contributed by atoms with van der Waals surface area (Å²) in [6.45, 7) is 3.86. The smallest absolute Gasteiger partial charge is 0.261 e. The third kappa shape index (κ3) is 2.12. The van der Waals surface area contributed by atoms with E-state index in [1.165, 1.54) is 0 Å². The zero-order valence-corrected chi connectivity index (χ0v) is 13.2. The molecule has 0 radical (unpaired) electrons. The Bertz CT molecular complexity index is 920. The molecule has 2 N–H and O–H groups in total. The van der Waals surface area contributed by atoms with Crippen LogP contribution in [0.5, 0.6) is 0 Å². The number of fused-ring (bicyclic) bond motifs is 1. The lowest BCUT2D eigenvalue weighted by molar-refractivity contribution is 0.751. The molecule has 6 nitrogen and oxygen atoms in total. The fraction of sp³-hybridized carbons (Fsp3) is 0.312. The Kier molecular flexibility index (Phi) is 3.33. The summed E-state index contributed by atoms with van der Waals surface area (Å²) in [5.74, 6) is 0.586. The molecule has 2 aromatic heterocycles. The maximum absolute atomic E-state index is 12.7. The molecule has 22 heavy (non-hydrogen) atoms. The van der Waals surface area contributed by atoms with E-state index in [1.807, 2.05) is 39.1 Å². The van der Waals surface area contributed by atoms with Crippen LogP contribution < -0.4 is 11.3 Å². The number of aryl methyl sites for hydroxylation is 2. The van der Waals surface area contributed by atoms with Crippen molar-refractivity contribution in [2.45, 2.75) is 19.9 Å². The third-order valence-electron chi connectivity index (χ3n) is 3.89. The summed E-state index contributed by atoms with van der Waals surface area (Å²) in [5.41, 5.74) is 9.34. The minimum Gasteiger partial charge on any atom is -0.324 e. The first-order valence-corrected chi connectivity index (χ1v) is 7.15. The van der Waals surface area contributed by atoms with Gasteiger partial charge in [0.2, 0.25) is 0 Å². The Morgan fingerprint density at radius 1 is 1.27 bits per heavy atom. The minimum atomic E-state index is -0.193. The summed E-state index contributed by atoms with van der Waals surface area (Å²) in [5, 5.41) is 4.75. The Hall–Kier alpha value is -2.47. The second kappa shape index (κ2) is 5.06. The van der Waals surface area contributed by atoms with Crippen molar-refractivity contribution in [2.75, 3.05) is 0 Å². The lowest BCUT2D eigenvalue weighted by Crippen LogP contribution is -2.22. The number of benzene rings is 1. The molecule has 1 unspecified atom stereocenters. The molecule has 0 bridgehead atoms. The zero-order valence-electron chi connectivity index (χ0n) is 13.2. The summed E-state index contributed by atoms with van der Waals surface area (Å²) in [7, 11) is 3.55. The van der Waals surface area contributed by atoms with Crippen LogP contribution >= 0.6 is 0 Å². The molecule has 0 fully saturated rings. The van der Waals surface area contributed by atoms with E-state index in [0.29, 0.717) is 16.7 Å². The number of hydrogen-bond acceptors (Lipinski definition) is 4. The van der Waals surface area contributed by atoms with Crippen molar-refractivity contribution in [1.82, 2.24) is 19.3 Å². The van der Waals surface area contributed by atoms with Gasteiger partial charge in [-0.2, -0.15) is 5.10 Å². The van der Waals surface area contributed by atoms with Crippen molar-refractivity contribution in [1.29, 1.82) is 0 Å². The Balaban J connectivity index is 2.46. The molecule has 1 atom stereocenters. The molecular formula is C16H19N5O. The molecule has 3 rings (SSSR count). The Morgan fingerprint density at radius 3 is 2.59 bits per heavy atom. The average Bonchev–Trinajstić information content (AvgIpc) is 2.88. The van der Waals surface area contributed by atoms with Crippen LogP contribution in [-0.2, 0) is 14.1 Å². The first kappa shape index (κ1) is 14.5. The van der Waals surface area contributed by atoms with Crippen LogP contribution in [0.25, 0.3) is 22.4 Å². The molecule has 6 heteroatoms. The molecule has 1 aromatic carbocycles. The molecule has 2 heterocycles. The van der Waals surface area contributed by atoms with E-state index >= 15 is 0 Å². The standard InChI is InChI=1S/C16H19N5O/c1-9-7-11(10(2)17)14-12(8-9)16(22)20(3)15(19-14)13-5-6-18-21(13)4/h5-8,10H,17H2,1-4H3. The SMILES string of the molecule is Cc1cc(C(C)N)c2nc(-c3ccnn3C)n(C)c(=O)c2c1. The van der Waals surface area contributed by atoms with E-state index in [-0.39, 0.29) is 11.6 Å². The van der Waals surface area contributed by atoms with Crippen LogP contribution in [-0.4, -0.2) is 19.3 Å². The van der Waals surface area contributed by atoms with Crippen molar-refractivity contribution in [3.05, 3.63) is 45.9 Å². The van der Waals surface area contributed by atoms with Gasteiger partial charge in [-0.05, 0) is 37.1 Å². The van der Waals surface area contributed by atoms with Crippen LogP contribution in [0.2, 0.25) is 0 Å². The number of rotatable bonds is 2. The van der Waals surface area contributed by atoms with Crippen molar-refractivity contribution in [3.8, 4) is 11.5 Å². The lowest BCUT2D eigenvalue weighted by Gasteiger charge is -2.14. The summed E-state index contributed by atoms with van der Waals surface area (Å²) < 4.78 is 3.26. The molecular weight excluding hydrogens is 278 g/mol. The molecule has 0 aliphatic rings. The van der Waals surface area contributed by atoms with Gasteiger partial charge in [-0.25, -0.2) is 4.98 Å². The van der Waals surface area contributed by atoms with Gasteiger partial charge < -0.3 is 5.73 Å². The van der Waals surface area contributed by atoms with Gasteiger partial charge in [-0.1, -0.05) is 6.07 Å². The van der Waals surface area contributed by atoms with Crippen molar-refractivity contribution in [3.63, 3.8) is 0 Å². The number of nitrogens with two attached hydrogens (primary N) is 1. The van der Waals surface area contributed by atoms with Crippen LogP contribution in [0, 0.1) is 6.92 Å². The van der Waals surface area contributed by atoms with Gasteiger partial charge >= 0.3 is 0 Å². The molecule has 0 amide bonds. The fourth-order valence-electron chi connectivity index (χ4n) is 2.72. The van der Waals surface area contributed by atoms with Gasteiger partial charge in [0.1, 0.15) is 5.69 Å². The molecule has 0 saturated carbocycles. The second-order valence-electron chi connectivity index (χ2n) is 5.68.